The Hall–Kier alpha value is -1.40. The van der Waals surface area contributed by atoms with Crippen LogP contribution in [0.15, 0.2) is 30.3 Å². The first kappa shape index (κ1) is 14.0. The maximum absolute atomic E-state index is 12.3. The molecule has 1 fully saturated rings. The normalized spacial score (nSPS) is 18.3. The molecular formula is C13H19N3O2S. The van der Waals surface area contributed by atoms with Crippen molar-refractivity contribution < 1.29 is 8.42 Å². The van der Waals surface area contributed by atoms with Crippen molar-refractivity contribution >= 4 is 15.9 Å². The van der Waals surface area contributed by atoms with Gasteiger partial charge < -0.3 is 5.73 Å². The van der Waals surface area contributed by atoms with Crippen molar-refractivity contribution in [3.63, 3.8) is 0 Å². The molecule has 0 amide bonds. The van der Waals surface area contributed by atoms with Gasteiger partial charge in [-0.05, 0) is 18.4 Å². The van der Waals surface area contributed by atoms with Crippen molar-refractivity contribution in [1.82, 2.24) is 4.31 Å². The van der Waals surface area contributed by atoms with E-state index in [9.17, 15) is 8.42 Å². The van der Waals surface area contributed by atoms with Crippen LogP contribution < -0.4 is 5.73 Å². The number of hydrogen-bond donors (Lipinski definition) is 2. The summed E-state index contributed by atoms with van der Waals surface area (Å²) in [6.07, 6.45) is 1.28. The molecule has 3 N–H and O–H groups in total. The van der Waals surface area contributed by atoms with Gasteiger partial charge >= 0.3 is 0 Å². The fourth-order valence-electron chi connectivity index (χ4n) is 2.32. The molecule has 0 spiro atoms. The quantitative estimate of drug-likeness (QED) is 0.641. The van der Waals surface area contributed by atoms with Gasteiger partial charge in [0.1, 0.15) is 0 Å². The predicted molar refractivity (Wildman–Crippen MR) is 75.3 cm³/mol. The van der Waals surface area contributed by atoms with E-state index in [1.165, 1.54) is 4.31 Å². The van der Waals surface area contributed by atoms with Crippen LogP contribution in [0.2, 0.25) is 0 Å². The van der Waals surface area contributed by atoms with Gasteiger partial charge in [-0.15, -0.1) is 0 Å². The Morgan fingerprint density at radius 1 is 1.26 bits per heavy atom. The van der Waals surface area contributed by atoms with Crippen molar-refractivity contribution in [2.24, 2.45) is 11.7 Å². The molecule has 1 aliphatic heterocycles. The molecule has 1 aliphatic rings. The fraction of sp³-hybridized carbons (Fsp3) is 0.462. The molecule has 1 saturated heterocycles. The first-order chi connectivity index (χ1) is 8.99. The summed E-state index contributed by atoms with van der Waals surface area (Å²) >= 11 is 0. The van der Waals surface area contributed by atoms with Gasteiger partial charge in [-0.25, -0.2) is 12.7 Å². The largest absolute Gasteiger partial charge is 0.387 e. The molecule has 2 rings (SSSR count). The second-order valence-electron chi connectivity index (χ2n) is 4.87. The van der Waals surface area contributed by atoms with Crippen LogP contribution >= 0.6 is 0 Å². The molecule has 0 unspecified atom stereocenters. The summed E-state index contributed by atoms with van der Waals surface area (Å²) in [5.74, 6) is 0.238. The average molecular weight is 281 g/mol. The first-order valence-electron chi connectivity index (χ1n) is 6.35. The average Bonchev–Trinajstić information content (AvgIpc) is 2.39. The van der Waals surface area contributed by atoms with Crippen molar-refractivity contribution in [3.05, 3.63) is 35.9 Å². The standard InChI is InChI=1S/C13H19N3O2S/c14-13(15)12-6-8-16(9-7-12)19(17,18)10-11-4-2-1-3-5-11/h1-5,12H,6-10H2,(H3,14,15). The molecule has 1 aromatic carbocycles. The van der Waals surface area contributed by atoms with Gasteiger partial charge in [0.05, 0.1) is 11.6 Å². The summed E-state index contributed by atoms with van der Waals surface area (Å²) in [7, 11) is -3.26. The van der Waals surface area contributed by atoms with Gasteiger partial charge in [0.15, 0.2) is 0 Å². The second-order valence-corrected chi connectivity index (χ2v) is 6.84. The Kier molecular flexibility index (Phi) is 4.21. The molecule has 0 aliphatic carbocycles. The van der Waals surface area contributed by atoms with Crippen LogP contribution in [0.4, 0.5) is 0 Å². The van der Waals surface area contributed by atoms with E-state index in [1.54, 1.807) is 0 Å². The van der Waals surface area contributed by atoms with Crippen LogP contribution in [0.5, 0.6) is 0 Å². The number of sulfonamides is 1. The van der Waals surface area contributed by atoms with Crippen molar-refractivity contribution in [3.8, 4) is 0 Å². The molecule has 1 heterocycles. The lowest BCUT2D eigenvalue weighted by Crippen LogP contribution is -2.41. The summed E-state index contributed by atoms with van der Waals surface area (Å²) in [5, 5.41) is 7.40. The predicted octanol–water partition coefficient (Wildman–Crippen LogP) is 1.16. The molecule has 0 aromatic heterocycles. The third kappa shape index (κ3) is 3.54. The van der Waals surface area contributed by atoms with Gasteiger partial charge in [0.25, 0.3) is 0 Å². The molecule has 0 atom stereocenters. The number of rotatable bonds is 4. The van der Waals surface area contributed by atoms with Gasteiger partial charge in [0.2, 0.25) is 10.0 Å². The van der Waals surface area contributed by atoms with E-state index in [2.05, 4.69) is 0 Å². The molecular weight excluding hydrogens is 262 g/mol. The number of hydrogen-bond acceptors (Lipinski definition) is 3. The Labute approximate surface area is 114 Å². The first-order valence-corrected chi connectivity index (χ1v) is 7.95. The van der Waals surface area contributed by atoms with Gasteiger partial charge in [-0.2, -0.15) is 0 Å². The number of amidine groups is 1. The number of nitrogens with two attached hydrogens (primary N) is 1. The monoisotopic (exact) mass is 281 g/mol. The van der Waals surface area contributed by atoms with E-state index in [-0.39, 0.29) is 17.5 Å². The summed E-state index contributed by atoms with van der Waals surface area (Å²) in [5.41, 5.74) is 6.26. The molecule has 0 saturated carbocycles. The third-order valence-electron chi connectivity index (χ3n) is 3.48. The topological polar surface area (TPSA) is 87.2 Å². The lowest BCUT2D eigenvalue weighted by atomic mass is 9.97. The number of nitrogens with one attached hydrogen (secondary N) is 1. The molecule has 5 nitrogen and oxygen atoms in total. The number of nitrogens with zero attached hydrogens (tertiary/aromatic N) is 1. The highest BCUT2D eigenvalue weighted by Crippen LogP contribution is 2.21. The van der Waals surface area contributed by atoms with Gasteiger partial charge in [0, 0.05) is 19.0 Å². The zero-order chi connectivity index (χ0) is 13.9. The molecule has 1 aromatic rings. The molecule has 0 radical (unpaired) electrons. The van der Waals surface area contributed by atoms with Crippen LogP contribution in [-0.2, 0) is 15.8 Å². The van der Waals surface area contributed by atoms with Crippen molar-refractivity contribution in [2.75, 3.05) is 13.1 Å². The van der Waals surface area contributed by atoms with Crippen LogP contribution in [0.3, 0.4) is 0 Å². The minimum atomic E-state index is -3.26. The molecule has 104 valence electrons. The molecule has 19 heavy (non-hydrogen) atoms. The van der Waals surface area contributed by atoms with Crippen molar-refractivity contribution in [2.45, 2.75) is 18.6 Å². The van der Waals surface area contributed by atoms with E-state index in [1.807, 2.05) is 30.3 Å². The minimum Gasteiger partial charge on any atom is -0.387 e. The van der Waals surface area contributed by atoms with E-state index in [0.717, 1.165) is 5.56 Å². The fourth-order valence-corrected chi connectivity index (χ4v) is 3.88. The van der Waals surface area contributed by atoms with E-state index in [0.29, 0.717) is 25.9 Å². The lowest BCUT2D eigenvalue weighted by molar-refractivity contribution is 0.314. The SMILES string of the molecule is N=C(N)C1CCN(S(=O)(=O)Cc2ccccc2)CC1. The van der Waals surface area contributed by atoms with Crippen LogP contribution in [0, 0.1) is 11.3 Å². The van der Waals surface area contributed by atoms with Crippen LogP contribution in [-0.4, -0.2) is 31.6 Å². The van der Waals surface area contributed by atoms with Crippen LogP contribution in [0.1, 0.15) is 18.4 Å². The Morgan fingerprint density at radius 3 is 2.37 bits per heavy atom. The Balaban J connectivity index is 2.00. The smallest absolute Gasteiger partial charge is 0.218 e. The number of piperidine rings is 1. The lowest BCUT2D eigenvalue weighted by Gasteiger charge is -2.30. The second kappa shape index (κ2) is 5.71. The van der Waals surface area contributed by atoms with E-state index >= 15 is 0 Å². The minimum absolute atomic E-state index is 0.0307. The summed E-state index contributed by atoms with van der Waals surface area (Å²) in [4.78, 5) is 0. The molecule has 6 heteroatoms. The summed E-state index contributed by atoms with van der Waals surface area (Å²) in [6, 6.07) is 9.19. The Morgan fingerprint density at radius 2 is 1.84 bits per heavy atom. The summed E-state index contributed by atoms with van der Waals surface area (Å²) in [6.45, 7) is 0.916. The number of benzene rings is 1. The molecule has 0 bridgehead atoms. The van der Waals surface area contributed by atoms with Crippen LogP contribution in [0.25, 0.3) is 0 Å². The van der Waals surface area contributed by atoms with E-state index < -0.39 is 10.0 Å². The van der Waals surface area contributed by atoms with E-state index in [4.69, 9.17) is 11.1 Å². The Bertz CT molecular complexity index is 534. The highest BCUT2D eigenvalue weighted by molar-refractivity contribution is 7.88. The van der Waals surface area contributed by atoms with Gasteiger partial charge in [-0.1, -0.05) is 30.3 Å². The maximum atomic E-state index is 12.3. The summed E-state index contributed by atoms with van der Waals surface area (Å²) < 4.78 is 26.1. The maximum Gasteiger partial charge on any atom is 0.218 e. The van der Waals surface area contributed by atoms with Crippen molar-refractivity contribution in [1.29, 1.82) is 5.41 Å². The zero-order valence-electron chi connectivity index (χ0n) is 10.7. The van der Waals surface area contributed by atoms with Gasteiger partial charge in [-0.3, -0.25) is 5.41 Å². The zero-order valence-corrected chi connectivity index (χ0v) is 11.6. The highest BCUT2D eigenvalue weighted by Gasteiger charge is 2.28. The third-order valence-corrected chi connectivity index (χ3v) is 5.33. The highest BCUT2D eigenvalue weighted by atomic mass is 32.2.